The maximum atomic E-state index is 12.1. The number of para-hydroxylation sites is 1. The fourth-order valence-electron chi connectivity index (χ4n) is 3.68. The van der Waals surface area contributed by atoms with E-state index in [2.05, 4.69) is 0 Å². The zero-order valence-corrected chi connectivity index (χ0v) is 13.5. The van der Waals surface area contributed by atoms with Gasteiger partial charge in [-0.1, -0.05) is 48.0 Å². The molecule has 1 saturated heterocycles. The number of hydroxylamine groups is 2. The van der Waals surface area contributed by atoms with Gasteiger partial charge in [-0.2, -0.15) is 5.06 Å². The van der Waals surface area contributed by atoms with Crippen molar-refractivity contribution >= 4 is 0 Å². The largest absolute Gasteiger partial charge is 0.475 e. The predicted octanol–water partition coefficient (Wildman–Crippen LogP) is 3.06. The van der Waals surface area contributed by atoms with Crippen molar-refractivity contribution in [2.45, 2.75) is 24.7 Å². The number of ether oxygens (including phenoxy) is 1. The van der Waals surface area contributed by atoms with Crippen LogP contribution in [0.3, 0.4) is 0 Å². The predicted molar refractivity (Wildman–Crippen MR) is 87.2 cm³/mol. The van der Waals surface area contributed by atoms with Gasteiger partial charge in [0.15, 0.2) is 0 Å². The number of rotatable bonds is 2. The van der Waals surface area contributed by atoms with Crippen molar-refractivity contribution in [2.24, 2.45) is 0 Å². The van der Waals surface area contributed by atoms with E-state index >= 15 is 0 Å². The fourth-order valence-corrected chi connectivity index (χ4v) is 3.68. The normalized spacial score (nSPS) is 28.8. The topological polar surface area (TPSA) is 64.8 Å². The number of aryl methyl sites for hydroxylation is 1. The van der Waals surface area contributed by atoms with Crippen molar-refractivity contribution in [3.05, 3.63) is 75.3 Å². The Hall–Kier alpha value is -2.44. The molecule has 6 nitrogen and oxygen atoms in total. The average molecular weight is 326 g/mol. The lowest BCUT2D eigenvalue weighted by atomic mass is 9.80. The first-order valence-electron chi connectivity index (χ1n) is 7.89. The van der Waals surface area contributed by atoms with Crippen LogP contribution in [-0.4, -0.2) is 29.3 Å². The molecular weight excluding hydrogens is 308 g/mol. The second kappa shape index (κ2) is 5.29. The van der Waals surface area contributed by atoms with E-state index in [1.807, 2.05) is 55.5 Å². The second-order valence-electron chi connectivity index (χ2n) is 6.41. The second-order valence-corrected chi connectivity index (χ2v) is 6.41. The van der Waals surface area contributed by atoms with Crippen LogP contribution in [0.25, 0.3) is 0 Å². The summed E-state index contributed by atoms with van der Waals surface area (Å²) in [6.45, 7) is 2.43. The van der Waals surface area contributed by atoms with Crippen LogP contribution in [-0.2, 0) is 4.84 Å². The van der Waals surface area contributed by atoms with Gasteiger partial charge in [-0.05, 0) is 13.0 Å². The lowest BCUT2D eigenvalue weighted by Gasteiger charge is -2.37. The standard InChI is InChI=1S/C18H18N2O4/c1-12-7-9-13(10-8-12)17-18(20(21)22)15(11-19(2)24-18)14-5-3-4-6-16(14)23-17/h3-10,15,17H,11H2,1-2H3/t15-,17-,18+/m0/s1. The summed E-state index contributed by atoms with van der Waals surface area (Å²) < 4.78 is 6.09. The molecule has 124 valence electrons. The first-order chi connectivity index (χ1) is 11.5. The monoisotopic (exact) mass is 326 g/mol. The smallest absolute Gasteiger partial charge is 0.389 e. The Labute approximate surface area is 139 Å². The van der Waals surface area contributed by atoms with E-state index in [4.69, 9.17) is 9.57 Å². The molecule has 0 aromatic heterocycles. The number of nitrogens with zero attached hydrogens (tertiary/aromatic N) is 2. The number of likely N-dealkylation sites (N-methyl/N-ethyl adjacent to an activating group) is 1. The van der Waals surface area contributed by atoms with E-state index in [0.29, 0.717) is 12.3 Å². The minimum atomic E-state index is -1.65. The Morgan fingerprint density at radius 2 is 1.92 bits per heavy atom. The molecule has 0 aliphatic carbocycles. The van der Waals surface area contributed by atoms with Crippen molar-refractivity contribution in [1.82, 2.24) is 5.06 Å². The summed E-state index contributed by atoms with van der Waals surface area (Å²) in [7, 11) is 1.72. The molecule has 2 heterocycles. The van der Waals surface area contributed by atoms with Gasteiger partial charge in [0, 0.05) is 24.7 Å². The van der Waals surface area contributed by atoms with Gasteiger partial charge in [0.2, 0.25) is 6.10 Å². The van der Waals surface area contributed by atoms with Gasteiger partial charge in [0.1, 0.15) is 11.7 Å². The number of fused-ring (bicyclic) bond motifs is 3. The fraction of sp³-hybridized carbons (Fsp3) is 0.333. The van der Waals surface area contributed by atoms with Gasteiger partial charge < -0.3 is 4.74 Å². The van der Waals surface area contributed by atoms with Crippen LogP contribution >= 0.6 is 0 Å². The number of benzene rings is 2. The molecule has 0 amide bonds. The molecule has 0 radical (unpaired) electrons. The molecule has 0 spiro atoms. The van der Waals surface area contributed by atoms with Gasteiger partial charge in [0.05, 0.1) is 4.92 Å². The first kappa shape index (κ1) is 15.1. The molecule has 3 atom stereocenters. The van der Waals surface area contributed by atoms with E-state index in [1.54, 1.807) is 12.1 Å². The molecule has 24 heavy (non-hydrogen) atoms. The lowest BCUT2D eigenvalue weighted by molar-refractivity contribution is -0.655. The number of hydrogen-bond acceptors (Lipinski definition) is 5. The molecule has 2 aromatic rings. The summed E-state index contributed by atoms with van der Waals surface area (Å²) in [6.07, 6.45) is -0.807. The zero-order valence-electron chi connectivity index (χ0n) is 13.5. The molecular formula is C18H18N2O4. The van der Waals surface area contributed by atoms with E-state index in [-0.39, 0.29) is 4.92 Å². The molecule has 0 unspecified atom stereocenters. The molecule has 4 rings (SSSR count). The summed E-state index contributed by atoms with van der Waals surface area (Å²) in [5.41, 5.74) is 0.999. The Kier molecular flexibility index (Phi) is 3.33. The molecule has 1 fully saturated rings. The van der Waals surface area contributed by atoms with Crippen molar-refractivity contribution in [3.8, 4) is 5.75 Å². The third kappa shape index (κ3) is 2.03. The highest BCUT2D eigenvalue weighted by atomic mass is 16.8. The van der Waals surface area contributed by atoms with Gasteiger partial charge >= 0.3 is 5.72 Å². The Bertz CT molecular complexity index is 792. The number of hydrogen-bond donors (Lipinski definition) is 0. The summed E-state index contributed by atoms with van der Waals surface area (Å²) in [5.74, 6) is 0.290. The zero-order chi connectivity index (χ0) is 16.9. The lowest BCUT2D eigenvalue weighted by Crippen LogP contribution is -2.53. The number of nitro groups is 1. The van der Waals surface area contributed by atoms with Gasteiger partial charge in [0.25, 0.3) is 0 Å². The minimum Gasteiger partial charge on any atom is -0.475 e. The third-order valence-electron chi connectivity index (χ3n) is 4.82. The maximum Gasteiger partial charge on any atom is 0.389 e. The van der Waals surface area contributed by atoms with Crippen LogP contribution in [0.1, 0.15) is 28.7 Å². The summed E-state index contributed by atoms with van der Waals surface area (Å²) in [6, 6.07) is 15.1. The average Bonchev–Trinajstić information content (AvgIpc) is 2.93. The molecule has 0 N–H and O–H groups in total. The Morgan fingerprint density at radius 1 is 1.21 bits per heavy atom. The van der Waals surface area contributed by atoms with Crippen LogP contribution in [0.15, 0.2) is 48.5 Å². The van der Waals surface area contributed by atoms with E-state index in [9.17, 15) is 10.1 Å². The van der Waals surface area contributed by atoms with E-state index in [1.165, 1.54) is 0 Å². The Morgan fingerprint density at radius 3 is 2.62 bits per heavy atom. The van der Waals surface area contributed by atoms with Crippen LogP contribution in [0.5, 0.6) is 5.75 Å². The molecule has 2 aliphatic rings. The van der Waals surface area contributed by atoms with Crippen molar-refractivity contribution in [1.29, 1.82) is 0 Å². The first-order valence-corrected chi connectivity index (χ1v) is 7.89. The molecule has 0 bridgehead atoms. The highest BCUT2D eigenvalue weighted by Gasteiger charge is 2.68. The minimum absolute atomic E-state index is 0.332. The van der Waals surface area contributed by atoms with Crippen LogP contribution in [0, 0.1) is 17.0 Å². The SMILES string of the molecule is Cc1ccc([C@@H]2Oc3ccccc3[C@@H]3CN(C)O[C@]32[N+](=O)[O-])cc1. The highest BCUT2D eigenvalue weighted by molar-refractivity contribution is 5.43. The van der Waals surface area contributed by atoms with Crippen LogP contribution in [0.4, 0.5) is 0 Å². The van der Waals surface area contributed by atoms with Crippen molar-refractivity contribution in [3.63, 3.8) is 0 Å². The molecule has 6 heteroatoms. The van der Waals surface area contributed by atoms with E-state index < -0.39 is 17.7 Å². The molecule has 2 aliphatic heterocycles. The summed E-state index contributed by atoms with van der Waals surface area (Å²) in [5, 5.41) is 13.7. The highest BCUT2D eigenvalue weighted by Crippen LogP contribution is 2.54. The summed E-state index contributed by atoms with van der Waals surface area (Å²) in [4.78, 5) is 17.6. The van der Waals surface area contributed by atoms with Crippen LogP contribution in [0.2, 0.25) is 0 Å². The molecule has 0 saturated carbocycles. The Balaban J connectivity index is 1.92. The quantitative estimate of drug-likeness (QED) is 0.627. The molecule has 2 aromatic carbocycles. The van der Waals surface area contributed by atoms with Crippen molar-refractivity contribution < 1.29 is 14.5 Å². The van der Waals surface area contributed by atoms with Gasteiger partial charge in [-0.15, -0.1) is 0 Å². The third-order valence-corrected chi connectivity index (χ3v) is 4.82. The van der Waals surface area contributed by atoms with Crippen molar-refractivity contribution in [2.75, 3.05) is 13.6 Å². The summed E-state index contributed by atoms with van der Waals surface area (Å²) >= 11 is 0. The van der Waals surface area contributed by atoms with E-state index in [0.717, 1.165) is 16.7 Å². The maximum absolute atomic E-state index is 12.1. The van der Waals surface area contributed by atoms with Gasteiger partial charge in [-0.25, -0.2) is 4.84 Å². The van der Waals surface area contributed by atoms with Gasteiger partial charge in [-0.3, -0.25) is 10.1 Å². The van der Waals surface area contributed by atoms with Crippen LogP contribution < -0.4 is 4.74 Å².